The molecule has 1 saturated carbocycles. The number of carbonyl (C=O) groups excluding carboxylic acids is 2. The Morgan fingerprint density at radius 3 is 2.72 bits per heavy atom. The van der Waals surface area contributed by atoms with E-state index in [1.165, 1.54) is 6.42 Å². The van der Waals surface area contributed by atoms with Gasteiger partial charge in [0.05, 0.1) is 6.54 Å². The Kier molecular flexibility index (Phi) is 6.97. The van der Waals surface area contributed by atoms with Crippen molar-refractivity contribution in [2.45, 2.75) is 71.5 Å². The van der Waals surface area contributed by atoms with Gasteiger partial charge in [0.25, 0.3) is 5.91 Å². The fraction of sp³-hybridized carbons (Fsp3) is 0.542. The monoisotopic (exact) mass is 441 g/mol. The lowest BCUT2D eigenvalue weighted by molar-refractivity contribution is -0.139. The minimum absolute atomic E-state index is 0.0881. The van der Waals surface area contributed by atoms with Crippen molar-refractivity contribution in [3.63, 3.8) is 0 Å². The van der Waals surface area contributed by atoms with E-state index >= 15 is 0 Å². The summed E-state index contributed by atoms with van der Waals surface area (Å²) in [6.45, 7) is 4.99. The molecule has 1 aromatic carbocycles. The Morgan fingerprint density at radius 1 is 1.16 bits per heavy atom. The molecule has 1 aliphatic carbocycles. The Bertz CT molecular complexity index is 951. The molecule has 0 radical (unpaired) electrons. The maximum atomic E-state index is 13.1. The molecule has 2 aromatic rings. The van der Waals surface area contributed by atoms with Crippen molar-refractivity contribution in [3.8, 4) is 11.5 Å². The van der Waals surface area contributed by atoms with Crippen LogP contribution in [0.4, 0.5) is 0 Å². The highest BCUT2D eigenvalue weighted by Crippen LogP contribution is 2.32. The first kappa shape index (κ1) is 22.2. The quantitative estimate of drug-likeness (QED) is 0.664. The summed E-state index contributed by atoms with van der Waals surface area (Å²) in [4.78, 5) is 27.6. The van der Waals surface area contributed by atoms with Gasteiger partial charge in [0.15, 0.2) is 23.0 Å². The standard InChI is InChI=1S/C24H31N3O5/c1-3-16(2)27(24(29)18-7-5-4-6-8-18)14-19-12-20(26-32-19)23(28)25-13-17-9-10-21-22(11-17)31-15-30-21/h9-12,16,18H,3-8,13-15H2,1-2H3,(H,25,28). The first-order valence-electron chi connectivity index (χ1n) is 11.5. The number of aromatic nitrogens is 1. The lowest BCUT2D eigenvalue weighted by Gasteiger charge is -2.32. The Morgan fingerprint density at radius 2 is 1.94 bits per heavy atom. The molecular formula is C24H31N3O5. The van der Waals surface area contributed by atoms with Gasteiger partial charge in [0.2, 0.25) is 12.7 Å². The van der Waals surface area contributed by atoms with Crippen molar-refractivity contribution >= 4 is 11.8 Å². The molecule has 1 N–H and O–H groups in total. The summed E-state index contributed by atoms with van der Waals surface area (Å²) in [5.74, 6) is 1.84. The summed E-state index contributed by atoms with van der Waals surface area (Å²) in [6.07, 6.45) is 6.20. The molecule has 2 aliphatic rings. The predicted molar refractivity (Wildman–Crippen MR) is 117 cm³/mol. The topological polar surface area (TPSA) is 93.9 Å². The molecule has 2 heterocycles. The second-order valence-electron chi connectivity index (χ2n) is 8.61. The third kappa shape index (κ3) is 5.06. The number of carbonyl (C=O) groups is 2. The fourth-order valence-electron chi connectivity index (χ4n) is 4.24. The van der Waals surface area contributed by atoms with Crippen LogP contribution in [0.5, 0.6) is 11.5 Å². The van der Waals surface area contributed by atoms with Crippen LogP contribution < -0.4 is 14.8 Å². The molecule has 1 aromatic heterocycles. The summed E-state index contributed by atoms with van der Waals surface area (Å²) in [6, 6.07) is 7.27. The van der Waals surface area contributed by atoms with E-state index in [4.69, 9.17) is 14.0 Å². The number of rotatable bonds is 8. The molecule has 0 spiro atoms. The van der Waals surface area contributed by atoms with Crippen LogP contribution in [0.2, 0.25) is 0 Å². The van der Waals surface area contributed by atoms with E-state index < -0.39 is 0 Å². The summed E-state index contributed by atoms with van der Waals surface area (Å²) in [5, 5.41) is 6.77. The van der Waals surface area contributed by atoms with Crippen LogP contribution >= 0.6 is 0 Å². The minimum Gasteiger partial charge on any atom is -0.454 e. The van der Waals surface area contributed by atoms with E-state index in [-0.39, 0.29) is 36.3 Å². The van der Waals surface area contributed by atoms with E-state index in [0.717, 1.165) is 37.7 Å². The van der Waals surface area contributed by atoms with Crippen LogP contribution in [0, 0.1) is 5.92 Å². The number of hydrogen-bond acceptors (Lipinski definition) is 6. The van der Waals surface area contributed by atoms with Gasteiger partial charge in [-0.2, -0.15) is 0 Å². The number of fused-ring (bicyclic) bond motifs is 1. The smallest absolute Gasteiger partial charge is 0.273 e. The first-order chi connectivity index (χ1) is 15.5. The Hall–Kier alpha value is -3.03. The zero-order valence-electron chi connectivity index (χ0n) is 18.8. The van der Waals surface area contributed by atoms with Gasteiger partial charge in [-0.15, -0.1) is 0 Å². The third-order valence-corrected chi connectivity index (χ3v) is 6.37. The minimum atomic E-state index is -0.327. The van der Waals surface area contributed by atoms with Gasteiger partial charge in [0, 0.05) is 24.6 Å². The SMILES string of the molecule is CCC(C)N(Cc1cc(C(=O)NCc2ccc3c(c2)OCO3)no1)C(=O)C1CCCCC1. The molecule has 8 nitrogen and oxygen atoms in total. The Labute approximate surface area is 188 Å². The van der Waals surface area contributed by atoms with Gasteiger partial charge in [-0.3, -0.25) is 9.59 Å². The van der Waals surface area contributed by atoms with E-state index in [2.05, 4.69) is 24.3 Å². The molecule has 4 rings (SSSR count). The van der Waals surface area contributed by atoms with E-state index in [1.807, 2.05) is 23.1 Å². The summed E-state index contributed by atoms with van der Waals surface area (Å²) in [7, 11) is 0. The van der Waals surface area contributed by atoms with E-state index in [9.17, 15) is 9.59 Å². The number of hydrogen-bond donors (Lipinski definition) is 1. The zero-order valence-corrected chi connectivity index (χ0v) is 18.8. The molecule has 1 unspecified atom stereocenters. The number of nitrogens with one attached hydrogen (secondary N) is 1. The normalized spacial score (nSPS) is 16.6. The van der Waals surface area contributed by atoms with Crippen molar-refractivity contribution < 1.29 is 23.6 Å². The highest BCUT2D eigenvalue weighted by molar-refractivity contribution is 5.92. The van der Waals surface area contributed by atoms with Crippen LogP contribution in [-0.2, 0) is 17.9 Å². The van der Waals surface area contributed by atoms with Gasteiger partial charge in [-0.1, -0.05) is 37.4 Å². The number of nitrogens with zero attached hydrogens (tertiary/aromatic N) is 2. The second-order valence-corrected chi connectivity index (χ2v) is 8.61. The predicted octanol–water partition coefficient (Wildman–Crippen LogP) is 4.04. The van der Waals surface area contributed by atoms with Crippen LogP contribution in [0.25, 0.3) is 0 Å². The molecule has 172 valence electrons. The average Bonchev–Trinajstić information content (AvgIpc) is 3.50. The maximum Gasteiger partial charge on any atom is 0.273 e. The van der Waals surface area contributed by atoms with Crippen LogP contribution in [0.3, 0.4) is 0 Å². The van der Waals surface area contributed by atoms with Gasteiger partial charge >= 0.3 is 0 Å². The summed E-state index contributed by atoms with van der Waals surface area (Å²) < 4.78 is 16.1. The second kappa shape index (κ2) is 10.1. The van der Waals surface area contributed by atoms with Gasteiger partial charge in [-0.25, -0.2) is 0 Å². The Balaban J connectivity index is 1.36. The van der Waals surface area contributed by atoms with E-state index in [0.29, 0.717) is 30.3 Å². The van der Waals surface area contributed by atoms with Crippen molar-refractivity contribution in [1.82, 2.24) is 15.4 Å². The molecule has 0 bridgehead atoms. The summed E-state index contributed by atoms with van der Waals surface area (Å²) >= 11 is 0. The van der Waals surface area contributed by atoms with Crippen LogP contribution in [-0.4, -0.2) is 34.7 Å². The van der Waals surface area contributed by atoms with Gasteiger partial charge in [-0.05, 0) is 43.9 Å². The van der Waals surface area contributed by atoms with Crippen LogP contribution in [0.15, 0.2) is 28.8 Å². The molecular weight excluding hydrogens is 410 g/mol. The van der Waals surface area contributed by atoms with Gasteiger partial charge < -0.3 is 24.2 Å². The molecule has 32 heavy (non-hydrogen) atoms. The number of benzene rings is 1. The first-order valence-corrected chi connectivity index (χ1v) is 11.5. The highest BCUT2D eigenvalue weighted by Gasteiger charge is 2.29. The largest absolute Gasteiger partial charge is 0.454 e. The van der Waals surface area contributed by atoms with Crippen molar-refractivity contribution in [3.05, 3.63) is 41.3 Å². The number of amides is 2. The lowest BCUT2D eigenvalue weighted by Crippen LogP contribution is -2.42. The molecule has 1 aliphatic heterocycles. The molecule has 8 heteroatoms. The van der Waals surface area contributed by atoms with E-state index in [1.54, 1.807) is 6.07 Å². The lowest BCUT2D eigenvalue weighted by atomic mass is 9.88. The van der Waals surface area contributed by atoms with Crippen molar-refractivity contribution in [2.24, 2.45) is 5.92 Å². The summed E-state index contributed by atoms with van der Waals surface area (Å²) in [5.41, 5.74) is 1.10. The number of ether oxygens (including phenoxy) is 2. The van der Waals surface area contributed by atoms with Gasteiger partial charge in [0.1, 0.15) is 0 Å². The fourth-order valence-corrected chi connectivity index (χ4v) is 4.24. The average molecular weight is 442 g/mol. The molecule has 2 amide bonds. The van der Waals surface area contributed by atoms with Crippen LogP contribution in [0.1, 0.15) is 74.2 Å². The molecule has 0 saturated heterocycles. The highest BCUT2D eigenvalue weighted by atomic mass is 16.7. The molecule has 1 fully saturated rings. The maximum absolute atomic E-state index is 13.1. The van der Waals surface area contributed by atoms with Crippen molar-refractivity contribution in [2.75, 3.05) is 6.79 Å². The third-order valence-electron chi connectivity index (χ3n) is 6.37. The zero-order chi connectivity index (χ0) is 22.5. The molecule has 1 atom stereocenters. The van der Waals surface area contributed by atoms with Crippen molar-refractivity contribution in [1.29, 1.82) is 0 Å².